The second-order valence-electron chi connectivity index (χ2n) is 6.45. The average Bonchev–Trinajstić information content (AvgIpc) is 3.23. The Bertz CT molecular complexity index is 1100. The normalized spacial score (nSPS) is 16.4. The van der Waals surface area contributed by atoms with Crippen LogP contribution in [-0.4, -0.2) is 23.7 Å². The van der Waals surface area contributed by atoms with Crippen LogP contribution in [0.4, 0.5) is 11.4 Å². The molecule has 1 atom stereocenters. The number of para-hydroxylation sites is 2. The maximum Gasteiger partial charge on any atom is 0.205 e. The Labute approximate surface area is 221 Å². The van der Waals surface area contributed by atoms with Crippen LogP contribution < -0.4 is 4.90 Å². The summed E-state index contributed by atoms with van der Waals surface area (Å²) in [6, 6.07) is 28.6. The molecular weight excluding hydrogens is 493 g/mol. The van der Waals surface area contributed by atoms with Gasteiger partial charge in [0.15, 0.2) is 9.84 Å². The van der Waals surface area contributed by atoms with Gasteiger partial charge >= 0.3 is 0 Å². The molecule has 3 aromatic rings. The highest BCUT2D eigenvalue weighted by molar-refractivity contribution is 8.26. The summed E-state index contributed by atoms with van der Waals surface area (Å²) >= 11 is 6.92. The van der Waals surface area contributed by atoms with Crippen molar-refractivity contribution in [3.63, 3.8) is 0 Å². The third-order valence-electron chi connectivity index (χ3n) is 4.48. The minimum absolute atomic E-state index is 0.00464. The number of nitrogens with zero attached hydrogens (tertiary/aromatic N) is 2. The minimum Gasteiger partial charge on any atom is -0.286 e. The van der Waals surface area contributed by atoms with Crippen LogP contribution in [-0.2, 0) is 9.84 Å². The first-order valence-electron chi connectivity index (χ1n) is 12.0. The Balaban J connectivity index is 0.000000949. The van der Waals surface area contributed by atoms with Gasteiger partial charge in [0, 0.05) is 11.4 Å². The van der Waals surface area contributed by atoms with E-state index < -0.39 is 15.1 Å². The Kier molecular flexibility index (Phi) is 14.2. The van der Waals surface area contributed by atoms with Crippen LogP contribution in [0.3, 0.4) is 0 Å². The summed E-state index contributed by atoms with van der Waals surface area (Å²) in [5.74, 6) is 0. The molecule has 7 heteroatoms. The van der Waals surface area contributed by atoms with Crippen molar-refractivity contribution in [2.24, 2.45) is 4.99 Å². The van der Waals surface area contributed by atoms with Gasteiger partial charge in [0.25, 0.3) is 0 Å². The maximum absolute atomic E-state index is 12.7. The van der Waals surface area contributed by atoms with Crippen LogP contribution in [0.2, 0.25) is 0 Å². The smallest absolute Gasteiger partial charge is 0.205 e. The number of thiocarbonyl (C=S) groups is 1. The molecule has 0 radical (unpaired) electrons. The number of hydrogen-bond acceptors (Lipinski definition) is 4. The summed E-state index contributed by atoms with van der Waals surface area (Å²) in [6.07, 6.45) is 0. The first-order valence-corrected chi connectivity index (χ1v) is 15.1. The van der Waals surface area contributed by atoms with Crippen molar-refractivity contribution in [1.29, 1.82) is 0 Å². The van der Waals surface area contributed by atoms with Crippen LogP contribution in [0, 0.1) is 0 Å². The van der Waals surface area contributed by atoms with Crippen LogP contribution in [0.5, 0.6) is 0 Å². The lowest BCUT2D eigenvalue weighted by Gasteiger charge is -2.23. The molecule has 4 nitrogen and oxygen atoms in total. The van der Waals surface area contributed by atoms with Gasteiger partial charge in [-0.15, -0.1) is 0 Å². The molecule has 0 aliphatic carbocycles. The fraction of sp³-hybridized carbons (Fsp3) is 0.286. The number of benzene rings is 3. The molecule has 0 amide bonds. The van der Waals surface area contributed by atoms with E-state index >= 15 is 0 Å². The molecule has 35 heavy (non-hydrogen) atoms. The average molecular weight is 529 g/mol. The fourth-order valence-electron chi connectivity index (χ4n) is 3.18. The van der Waals surface area contributed by atoms with Gasteiger partial charge in [-0.05, 0) is 42.0 Å². The largest absolute Gasteiger partial charge is 0.286 e. The summed E-state index contributed by atoms with van der Waals surface area (Å²) in [7, 11) is -3.34. The standard InChI is InChI=1S/C22H18N2O2S3.3C2H6/c25-29(26)16-28-21(20(29)17-10-4-1-5-11-17)23-22(27)24(18-12-6-2-7-13-18)19-14-8-3-9-15-19;3*1-2/h1-15,20H,16H2;3*1-2H3. The molecule has 0 aromatic heterocycles. The van der Waals surface area contributed by atoms with Crippen molar-refractivity contribution in [3.8, 4) is 0 Å². The zero-order valence-corrected chi connectivity index (χ0v) is 23.8. The van der Waals surface area contributed by atoms with Crippen molar-refractivity contribution >= 4 is 55.3 Å². The van der Waals surface area contributed by atoms with E-state index in [1.165, 1.54) is 11.8 Å². The van der Waals surface area contributed by atoms with Gasteiger partial charge < -0.3 is 0 Å². The third kappa shape index (κ3) is 8.30. The van der Waals surface area contributed by atoms with Crippen LogP contribution in [0.1, 0.15) is 52.4 Å². The number of aliphatic imine (C=N–C) groups is 1. The third-order valence-corrected chi connectivity index (χ3v) is 8.53. The first kappa shape index (κ1) is 30.6. The lowest BCUT2D eigenvalue weighted by atomic mass is 10.1. The molecule has 1 heterocycles. The predicted molar refractivity (Wildman–Crippen MR) is 160 cm³/mol. The summed E-state index contributed by atoms with van der Waals surface area (Å²) in [5, 5.41) is 0.0473. The van der Waals surface area contributed by atoms with Crippen LogP contribution >= 0.6 is 24.0 Å². The monoisotopic (exact) mass is 528 g/mol. The highest BCUT2D eigenvalue weighted by Crippen LogP contribution is 2.39. The van der Waals surface area contributed by atoms with E-state index in [2.05, 4.69) is 4.99 Å². The minimum atomic E-state index is -3.34. The van der Waals surface area contributed by atoms with E-state index in [-0.39, 0.29) is 5.08 Å². The quantitative estimate of drug-likeness (QED) is 0.319. The van der Waals surface area contributed by atoms with Crippen molar-refractivity contribution < 1.29 is 8.42 Å². The molecule has 1 aliphatic heterocycles. The Morgan fingerprint density at radius 3 is 1.60 bits per heavy atom. The zero-order valence-electron chi connectivity index (χ0n) is 21.4. The lowest BCUT2D eigenvalue weighted by Crippen LogP contribution is -2.24. The van der Waals surface area contributed by atoms with E-state index in [1.807, 2.05) is 137 Å². The van der Waals surface area contributed by atoms with E-state index in [4.69, 9.17) is 12.2 Å². The van der Waals surface area contributed by atoms with Gasteiger partial charge in [-0.1, -0.05) is 120 Å². The van der Waals surface area contributed by atoms with Crippen molar-refractivity contribution in [2.45, 2.75) is 46.8 Å². The number of hydrogen-bond donors (Lipinski definition) is 0. The Hall–Kier alpha value is -2.48. The summed E-state index contributed by atoms with van der Waals surface area (Å²) < 4.78 is 25.4. The van der Waals surface area contributed by atoms with Crippen LogP contribution in [0.15, 0.2) is 96.0 Å². The summed E-state index contributed by atoms with van der Waals surface area (Å²) in [4.78, 5) is 6.50. The molecule has 1 fully saturated rings. The van der Waals surface area contributed by atoms with E-state index in [0.29, 0.717) is 15.7 Å². The molecule has 0 N–H and O–H groups in total. The number of anilines is 2. The van der Waals surface area contributed by atoms with Gasteiger partial charge in [-0.25, -0.2) is 13.4 Å². The molecule has 3 aromatic carbocycles. The van der Waals surface area contributed by atoms with Crippen molar-refractivity contribution in [2.75, 3.05) is 9.98 Å². The van der Waals surface area contributed by atoms with Crippen molar-refractivity contribution in [3.05, 3.63) is 96.6 Å². The molecule has 4 rings (SSSR count). The fourth-order valence-corrected chi connectivity index (χ4v) is 7.24. The second-order valence-corrected chi connectivity index (χ2v) is 10.3. The zero-order chi connectivity index (χ0) is 26.3. The lowest BCUT2D eigenvalue weighted by molar-refractivity contribution is 0.598. The molecule has 0 bridgehead atoms. The van der Waals surface area contributed by atoms with Gasteiger partial charge in [0.1, 0.15) is 15.4 Å². The Morgan fingerprint density at radius 1 is 0.771 bits per heavy atom. The summed E-state index contributed by atoms with van der Waals surface area (Å²) in [5.41, 5.74) is 2.45. The van der Waals surface area contributed by atoms with Crippen molar-refractivity contribution in [1.82, 2.24) is 0 Å². The highest BCUT2D eigenvalue weighted by atomic mass is 32.3. The number of rotatable bonds is 3. The maximum atomic E-state index is 12.7. The second kappa shape index (κ2) is 16.2. The highest BCUT2D eigenvalue weighted by Gasteiger charge is 2.39. The Morgan fingerprint density at radius 2 is 1.17 bits per heavy atom. The predicted octanol–water partition coefficient (Wildman–Crippen LogP) is 8.45. The SMILES string of the molecule is CC.CC.CC.O=S1(=O)CSC(=NC(=S)N(c2ccccc2)c2ccccc2)C1c1ccccc1. The van der Waals surface area contributed by atoms with Gasteiger partial charge in [-0.3, -0.25) is 4.90 Å². The van der Waals surface area contributed by atoms with E-state index in [9.17, 15) is 8.42 Å². The molecule has 1 saturated heterocycles. The molecular formula is C28H36N2O2S3. The van der Waals surface area contributed by atoms with Gasteiger partial charge in [0.2, 0.25) is 5.11 Å². The van der Waals surface area contributed by atoms with Gasteiger partial charge in [-0.2, -0.15) is 0 Å². The molecule has 1 unspecified atom stereocenters. The molecule has 1 aliphatic rings. The number of thioether (sulfide) groups is 1. The van der Waals surface area contributed by atoms with Crippen LogP contribution in [0.25, 0.3) is 0 Å². The summed E-state index contributed by atoms with van der Waals surface area (Å²) in [6.45, 7) is 12.0. The first-order chi connectivity index (χ1) is 17.1. The topological polar surface area (TPSA) is 49.7 Å². The number of sulfone groups is 1. The molecule has 188 valence electrons. The molecule has 0 saturated carbocycles. The molecule has 0 spiro atoms. The van der Waals surface area contributed by atoms with E-state index in [0.717, 1.165) is 11.4 Å². The van der Waals surface area contributed by atoms with Gasteiger partial charge in [0.05, 0.1) is 0 Å². The van der Waals surface area contributed by atoms with E-state index in [1.54, 1.807) is 0 Å².